The number of carbonyl (C=O) groups excluding carboxylic acids is 1. The lowest BCUT2D eigenvalue weighted by atomic mass is 10.2. The van der Waals surface area contributed by atoms with Gasteiger partial charge in [-0.3, -0.25) is 9.20 Å². The highest BCUT2D eigenvalue weighted by atomic mass is 35.5. The zero-order valence-corrected chi connectivity index (χ0v) is 13.3. The number of nitrogens with zero attached hydrogens (tertiary/aromatic N) is 4. The third-order valence-electron chi connectivity index (χ3n) is 2.99. The minimum absolute atomic E-state index is 0.146. The predicted octanol–water partition coefficient (Wildman–Crippen LogP) is 2.99. The zero-order chi connectivity index (χ0) is 16.2. The smallest absolute Gasteiger partial charge is 0.234 e. The Balaban J connectivity index is 1.69. The number of carbonyl (C=O) groups is 1. The van der Waals surface area contributed by atoms with Crippen LogP contribution >= 0.6 is 23.4 Å². The van der Waals surface area contributed by atoms with Crippen molar-refractivity contribution in [2.45, 2.75) is 5.16 Å². The number of pyridine rings is 1. The predicted molar refractivity (Wildman–Crippen MR) is 88.5 cm³/mol. The second-order valence-electron chi connectivity index (χ2n) is 4.55. The lowest BCUT2D eigenvalue weighted by Gasteiger charge is -2.07. The molecule has 0 aliphatic carbocycles. The molecule has 2 aromatic heterocycles. The Bertz CT molecular complexity index is 918. The molecule has 23 heavy (non-hydrogen) atoms. The van der Waals surface area contributed by atoms with E-state index < -0.39 is 0 Å². The summed E-state index contributed by atoms with van der Waals surface area (Å²) in [6.07, 6.45) is 1.83. The van der Waals surface area contributed by atoms with Crippen molar-refractivity contribution in [3.63, 3.8) is 0 Å². The molecule has 3 aromatic rings. The van der Waals surface area contributed by atoms with E-state index in [1.54, 1.807) is 22.6 Å². The fourth-order valence-electron chi connectivity index (χ4n) is 1.95. The third-order valence-corrected chi connectivity index (χ3v) is 4.17. The maximum atomic E-state index is 12.1. The van der Waals surface area contributed by atoms with Crippen LogP contribution in [0.4, 0.5) is 5.69 Å². The molecule has 0 saturated carbocycles. The number of rotatable bonds is 4. The minimum atomic E-state index is -0.249. The fourth-order valence-corrected chi connectivity index (χ4v) is 2.85. The van der Waals surface area contributed by atoms with Gasteiger partial charge in [-0.1, -0.05) is 29.4 Å². The van der Waals surface area contributed by atoms with Crippen molar-refractivity contribution in [2.75, 3.05) is 11.1 Å². The summed E-state index contributed by atoms with van der Waals surface area (Å²) in [6, 6.07) is 12.3. The third kappa shape index (κ3) is 3.44. The fraction of sp³-hybridized carbons (Fsp3) is 0.0667. The zero-order valence-electron chi connectivity index (χ0n) is 11.7. The summed E-state index contributed by atoms with van der Waals surface area (Å²) in [4.78, 5) is 12.1. The molecule has 0 spiro atoms. The molecule has 2 heterocycles. The van der Waals surface area contributed by atoms with Gasteiger partial charge in [0.15, 0.2) is 10.8 Å². The Morgan fingerprint density at radius 3 is 3.04 bits per heavy atom. The molecular weight excluding hydrogens is 334 g/mol. The Morgan fingerprint density at radius 2 is 2.22 bits per heavy atom. The Morgan fingerprint density at radius 1 is 1.35 bits per heavy atom. The van der Waals surface area contributed by atoms with Gasteiger partial charge in [0, 0.05) is 11.2 Å². The number of thioether (sulfide) groups is 1. The van der Waals surface area contributed by atoms with Gasteiger partial charge < -0.3 is 5.32 Å². The van der Waals surface area contributed by atoms with E-state index in [0.29, 0.717) is 21.4 Å². The molecule has 0 aliphatic heterocycles. The quantitative estimate of drug-likeness (QED) is 0.736. The van der Waals surface area contributed by atoms with Gasteiger partial charge in [-0.15, -0.1) is 10.2 Å². The highest BCUT2D eigenvalue weighted by Crippen LogP contribution is 2.21. The van der Waals surface area contributed by atoms with E-state index in [0.717, 1.165) is 5.65 Å². The standard InChI is InChI=1S/C15H10ClN5OS/c16-11-5-4-10(8-17)12(7-11)18-14(22)9-23-15-20-19-13-3-1-2-6-21(13)15/h1-7H,9H2,(H,18,22). The van der Waals surface area contributed by atoms with Crippen LogP contribution in [-0.2, 0) is 4.79 Å². The van der Waals surface area contributed by atoms with Crippen LogP contribution < -0.4 is 5.32 Å². The summed E-state index contributed by atoms with van der Waals surface area (Å²) in [6.45, 7) is 0. The van der Waals surface area contributed by atoms with E-state index in [-0.39, 0.29) is 11.7 Å². The molecule has 1 amide bonds. The van der Waals surface area contributed by atoms with Gasteiger partial charge in [-0.2, -0.15) is 5.26 Å². The van der Waals surface area contributed by atoms with Crippen molar-refractivity contribution in [3.8, 4) is 6.07 Å². The molecule has 0 atom stereocenters. The number of anilines is 1. The summed E-state index contributed by atoms with van der Waals surface area (Å²) in [5, 5.41) is 20.9. The molecular formula is C15H10ClN5OS. The van der Waals surface area contributed by atoms with Gasteiger partial charge in [-0.25, -0.2) is 0 Å². The lowest BCUT2D eigenvalue weighted by molar-refractivity contribution is -0.113. The second kappa shape index (κ2) is 6.69. The molecule has 1 N–H and O–H groups in total. The van der Waals surface area contributed by atoms with E-state index >= 15 is 0 Å². The van der Waals surface area contributed by atoms with Crippen molar-refractivity contribution < 1.29 is 4.79 Å². The number of halogens is 1. The summed E-state index contributed by atoms with van der Waals surface area (Å²) in [5.74, 6) is -0.103. The van der Waals surface area contributed by atoms with Crippen molar-refractivity contribution in [1.82, 2.24) is 14.6 Å². The Labute approximate surface area is 141 Å². The van der Waals surface area contributed by atoms with Gasteiger partial charge in [0.25, 0.3) is 0 Å². The SMILES string of the molecule is N#Cc1ccc(Cl)cc1NC(=O)CSc1nnc2ccccn12. The van der Waals surface area contributed by atoms with Crippen LogP contribution in [0.2, 0.25) is 5.02 Å². The second-order valence-corrected chi connectivity index (χ2v) is 5.93. The summed E-state index contributed by atoms with van der Waals surface area (Å²) in [5.41, 5.74) is 1.48. The van der Waals surface area contributed by atoms with E-state index in [4.69, 9.17) is 16.9 Å². The van der Waals surface area contributed by atoms with E-state index in [9.17, 15) is 4.79 Å². The number of fused-ring (bicyclic) bond motifs is 1. The van der Waals surface area contributed by atoms with Gasteiger partial charge >= 0.3 is 0 Å². The van der Waals surface area contributed by atoms with Crippen LogP contribution in [0.1, 0.15) is 5.56 Å². The van der Waals surface area contributed by atoms with Crippen LogP contribution in [0.5, 0.6) is 0 Å². The monoisotopic (exact) mass is 343 g/mol. The lowest BCUT2D eigenvalue weighted by Crippen LogP contribution is -2.15. The highest BCUT2D eigenvalue weighted by molar-refractivity contribution is 7.99. The summed E-state index contributed by atoms with van der Waals surface area (Å²) >= 11 is 7.16. The molecule has 1 aromatic carbocycles. The number of amides is 1. The maximum absolute atomic E-state index is 12.1. The molecule has 3 rings (SSSR count). The summed E-state index contributed by atoms with van der Waals surface area (Å²) in [7, 11) is 0. The largest absolute Gasteiger partial charge is 0.324 e. The van der Waals surface area contributed by atoms with E-state index in [1.165, 1.54) is 11.8 Å². The summed E-state index contributed by atoms with van der Waals surface area (Å²) < 4.78 is 1.80. The van der Waals surface area contributed by atoms with E-state index in [2.05, 4.69) is 15.5 Å². The number of aromatic nitrogens is 3. The van der Waals surface area contributed by atoms with Gasteiger partial charge in [0.2, 0.25) is 5.91 Å². The van der Waals surface area contributed by atoms with Crippen LogP contribution in [0.15, 0.2) is 47.8 Å². The number of benzene rings is 1. The molecule has 0 fully saturated rings. The van der Waals surface area contributed by atoms with Gasteiger partial charge in [0.05, 0.1) is 17.0 Å². The first-order valence-electron chi connectivity index (χ1n) is 6.59. The highest BCUT2D eigenvalue weighted by Gasteiger charge is 2.11. The van der Waals surface area contributed by atoms with Crippen LogP contribution in [0, 0.1) is 11.3 Å². The van der Waals surface area contributed by atoms with Crippen molar-refractivity contribution in [1.29, 1.82) is 5.26 Å². The number of nitrogens with one attached hydrogen (secondary N) is 1. The minimum Gasteiger partial charge on any atom is -0.324 e. The van der Waals surface area contributed by atoms with Crippen LogP contribution in [-0.4, -0.2) is 26.3 Å². The normalized spacial score (nSPS) is 10.4. The Hall–Kier alpha value is -2.56. The molecule has 8 heteroatoms. The average Bonchev–Trinajstić information content (AvgIpc) is 2.96. The topological polar surface area (TPSA) is 83.1 Å². The molecule has 0 unspecified atom stereocenters. The molecule has 6 nitrogen and oxygen atoms in total. The first-order valence-corrected chi connectivity index (χ1v) is 7.96. The van der Waals surface area contributed by atoms with Gasteiger partial charge in [-0.05, 0) is 30.3 Å². The average molecular weight is 344 g/mol. The molecule has 0 radical (unpaired) electrons. The molecule has 114 valence electrons. The number of nitriles is 1. The van der Waals surface area contributed by atoms with E-state index in [1.807, 2.05) is 30.5 Å². The van der Waals surface area contributed by atoms with Gasteiger partial charge in [0.1, 0.15) is 6.07 Å². The van der Waals surface area contributed by atoms with Crippen LogP contribution in [0.25, 0.3) is 5.65 Å². The van der Waals surface area contributed by atoms with Crippen LogP contribution in [0.3, 0.4) is 0 Å². The number of hydrogen-bond acceptors (Lipinski definition) is 5. The molecule has 0 bridgehead atoms. The molecule has 0 aliphatic rings. The van der Waals surface area contributed by atoms with Crippen molar-refractivity contribution in [3.05, 3.63) is 53.2 Å². The molecule has 0 saturated heterocycles. The first kappa shape index (κ1) is 15.3. The maximum Gasteiger partial charge on any atom is 0.234 e. The van der Waals surface area contributed by atoms with Crippen molar-refractivity contribution in [2.24, 2.45) is 0 Å². The Kier molecular flexibility index (Phi) is 4.46. The number of hydrogen-bond donors (Lipinski definition) is 1. The van der Waals surface area contributed by atoms with Crippen molar-refractivity contribution >= 4 is 40.6 Å². The first-order chi connectivity index (χ1) is 11.2.